The van der Waals surface area contributed by atoms with E-state index in [4.69, 9.17) is 0 Å². The van der Waals surface area contributed by atoms with Crippen molar-refractivity contribution in [3.8, 4) is 0 Å². The number of hydrogen-bond donors (Lipinski definition) is 1. The summed E-state index contributed by atoms with van der Waals surface area (Å²) in [5.74, 6) is 0.162. The van der Waals surface area contributed by atoms with Crippen LogP contribution in [0.2, 0.25) is 0 Å². The molecular formula is C33H51F2N3. The van der Waals surface area contributed by atoms with Crippen molar-refractivity contribution in [1.82, 2.24) is 15.1 Å². The molecule has 2 atom stereocenters. The van der Waals surface area contributed by atoms with Crippen LogP contribution < -0.4 is 5.32 Å². The van der Waals surface area contributed by atoms with Crippen molar-refractivity contribution in [2.45, 2.75) is 99.2 Å². The van der Waals surface area contributed by atoms with E-state index in [1.165, 1.54) is 24.6 Å². The van der Waals surface area contributed by atoms with E-state index in [1.54, 1.807) is 6.92 Å². The SMILES string of the molecule is C=C/C=C1/CN(C(CCC(C)C)C(C)C)C(C)(CCC)CN1/C=C(\C)C(=C)NCc1c(C)cc(F)cc1F. The van der Waals surface area contributed by atoms with E-state index in [1.807, 2.05) is 13.0 Å². The van der Waals surface area contributed by atoms with Crippen molar-refractivity contribution in [2.24, 2.45) is 11.8 Å². The molecule has 3 nitrogen and oxygen atoms in total. The van der Waals surface area contributed by atoms with Crippen LogP contribution in [0.1, 0.15) is 85.3 Å². The zero-order valence-electron chi connectivity index (χ0n) is 25.1. The lowest BCUT2D eigenvalue weighted by molar-refractivity contribution is -0.0122. The Morgan fingerprint density at radius 1 is 1.18 bits per heavy atom. The first-order valence-corrected chi connectivity index (χ1v) is 14.2. The molecule has 2 rings (SSSR count). The number of benzene rings is 1. The van der Waals surface area contributed by atoms with E-state index >= 15 is 0 Å². The molecule has 0 spiro atoms. The molecular weight excluding hydrogens is 476 g/mol. The average molecular weight is 528 g/mol. The number of rotatable bonds is 13. The van der Waals surface area contributed by atoms with Crippen LogP contribution in [-0.2, 0) is 6.54 Å². The molecule has 0 bridgehead atoms. The van der Waals surface area contributed by atoms with Crippen LogP contribution in [-0.4, -0.2) is 34.5 Å². The van der Waals surface area contributed by atoms with Crippen molar-refractivity contribution >= 4 is 0 Å². The zero-order chi connectivity index (χ0) is 28.6. The highest BCUT2D eigenvalue weighted by Crippen LogP contribution is 2.36. The lowest BCUT2D eigenvalue weighted by Gasteiger charge is -2.54. The van der Waals surface area contributed by atoms with Crippen LogP contribution in [0.25, 0.3) is 0 Å². The summed E-state index contributed by atoms with van der Waals surface area (Å²) in [6.07, 6.45) is 10.8. The number of nitrogens with zero attached hydrogens (tertiary/aromatic N) is 2. The summed E-state index contributed by atoms with van der Waals surface area (Å²) in [7, 11) is 0. The Hall–Kier alpha value is -2.40. The van der Waals surface area contributed by atoms with Gasteiger partial charge in [-0.15, -0.1) is 0 Å². The molecule has 0 radical (unpaired) electrons. The lowest BCUT2D eigenvalue weighted by Crippen LogP contribution is -2.62. The second kappa shape index (κ2) is 14.1. The fourth-order valence-corrected chi connectivity index (χ4v) is 5.66. The van der Waals surface area contributed by atoms with Crippen molar-refractivity contribution in [3.05, 3.63) is 83.4 Å². The Kier molecular flexibility index (Phi) is 11.8. The Morgan fingerprint density at radius 3 is 2.42 bits per heavy atom. The van der Waals surface area contributed by atoms with Crippen molar-refractivity contribution < 1.29 is 8.78 Å². The quantitative estimate of drug-likeness (QED) is 0.260. The molecule has 0 aliphatic carbocycles. The summed E-state index contributed by atoms with van der Waals surface area (Å²) in [6.45, 7) is 28.0. The molecule has 1 aliphatic rings. The summed E-state index contributed by atoms with van der Waals surface area (Å²) in [6, 6.07) is 2.80. The minimum absolute atomic E-state index is 0.0269. The first-order valence-electron chi connectivity index (χ1n) is 14.2. The third-order valence-corrected chi connectivity index (χ3v) is 7.90. The minimum Gasteiger partial charge on any atom is -0.381 e. The van der Waals surface area contributed by atoms with Gasteiger partial charge in [-0.2, -0.15) is 0 Å². The van der Waals surface area contributed by atoms with Crippen LogP contribution in [0.4, 0.5) is 8.78 Å². The molecule has 38 heavy (non-hydrogen) atoms. The second-order valence-corrected chi connectivity index (χ2v) is 12.0. The van der Waals surface area contributed by atoms with E-state index in [-0.39, 0.29) is 12.1 Å². The number of hydrogen-bond acceptors (Lipinski definition) is 3. The number of allylic oxidation sites excluding steroid dienone is 3. The first kappa shape index (κ1) is 31.8. The van der Waals surface area contributed by atoms with E-state index in [0.29, 0.717) is 29.0 Å². The van der Waals surface area contributed by atoms with E-state index < -0.39 is 11.6 Å². The van der Waals surface area contributed by atoms with E-state index in [9.17, 15) is 8.78 Å². The van der Waals surface area contributed by atoms with Gasteiger partial charge >= 0.3 is 0 Å². The molecule has 1 aliphatic heterocycles. The molecule has 1 heterocycles. The predicted octanol–water partition coefficient (Wildman–Crippen LogP) is 8.49. The Labute approximate surface area is 231 Å². The van der Waals surface area contributed by atoms with Gasteiger partial charge in [-0.1, -0.05) is 60.3 Å². The smallest absolute Gasteiger partial charge is 0.131 e. The van der Waals surface area contributed by atoms with Gasteiger partial charge in [0, 0.05) is 60.4 Å². The summed E-state index contributed by atoms with van der Waals surface area (Å²) in [5.41, 5.74) is 3.99. The maximum atomic E-state index is 14.3. The monoisotopic (exact) mass is 527 g/mol. The maximum absolute atomic E-state index is 14.3. The van der Waals surface area contributed by atoms with Crippen LogP contribution in [0.15, 0.2) is 60.6 Å². The third-order valence-electron chi connectivity index (χ3n) is 7.90. The van der Waals surface area contributed by atoms with Gasteiger partial charge in [0.25, 0.3) is 0 Å². The third kappa shape index (κ3) is 8.30. The summed E-state index contributed by atoms with van der Waals surface area (Å²) >= 11 is 0. The molecule has 0 saturated carbocycles. The van der Waals surface area contributed by atoms with Gasteiger partial charge in [-0.3, -0.25) is 4.90 Å². The molecule has 0 aromatic heterocycles. The topological polar surface area (TPSA) is 18.5 Å². The first-order chi connectivity index (χ1) is 17.8. The van der Waals surface area contributed by atoms with Crippen molar-refractivity contribution in [2.75, 3.05) is 13.1 Å². The normalized spacial score (nSPS) is 20.9. The molecule has 1 saturated heterocycles. The van der Waals surface area contributed by atoms with Gasteiger partial charge in [0.2, 0.25) is 0 Å². The average Bonchev–Trinajstić information content (AvgIpc) is 2.80. The van der Waals surface area contributed by atoms with Gasteiger partial charge < -0.3 is 10.2 Å². The van der Waals surface area contributed by atoms with Crippen molar-refractivity contribution in [1.29, 1.82) is 0 Å². The number of halogens is 2. The van der Waals surface area contributed by atoms with Crippen LogP contribution in [0.5, 0.6) is 0 Å². The highest BCUT2D eigenvalue weighted by atomic mass is 19.1. The van der Waals surface area contributed by atoms with Gasteiger partial charge in [0.05, 0.1) is 0 Å². The van der Waals surface area contributed by atoms with Crippen LogP contribution >= 0.6 is 0 Å². The van der Waals surface area contributed by atoms with Gasteiger partial charge in [-0.05, 0) is 75.1 Å². The molecule has 5 heteroatoms. The molecule has 1 fully saturated rings. The van der Waals surface area contributed by atoms with Crippen molar-refractivity contribution in [3.63, 3.8) is 0 Å². The van der Waals surface area contributed by atoms with Gasteiger partial charge in [0.15, 0.2) is 0 Å². The zero-order valence-corrected chi connectivity index (χ0v) is 25.1. The Bertz CT molecular complexity index is 1000. The molecule has 1 N–H and O–H groups in total. The lowest BCUT2D eigenvalue weighted by atomic mass is 9.84. The number of nitrogens with one attached hydrogen (secondary N) is 1. The summed E-state index contributed by atoms with van der Waals surface area (Å²) in [5, 5.41) is 3.25. The minimum atomic E-state index is -0.557. The number of piperazine rings is 1. The fraction of sp³-hybridized carbons (Fsp3) is 0.576. The van der Waals surface area contributed by atoms with Crippen LogP contribution in [0, 0.1) is 30.4 Å². The van der Waals surface area contributed by atoms with E-state index in [2.05, 4.69) is 82.1 Å². The molecule has 1 aromatic rings. The van der Waals surface area contributed by atoms with E-state index in [0.717, 1.165) is 43.3 Å². The highest BCUT2D eigenvalue weighted by Gasteiger charge is 2.42. The molecule has 1 aromatic carbocycles. The standard InChI is InChI=1S/C33H51F2N3/c1-11-13-29-21-38(32(24(5)6)15-14-23(3)4)33(10,16-12-2)22-37(29)20-26(8)27(9)36-19-30-25(7)17-28(34)18-31(30)35/h11,13,17-18,20,23-24,32,36H,1,9,12,14-16,19,21-22H2,2-8,10H3/b26-20+,29-13-. The largest absolute Gasteiger partial charge is 0.381 e. The number of aryl methyl sites for hydroxylation is 1. The Morgan fingerprint density at radius 2 is 1.87 bits per heavy atom. The maximum Gasteiger partial charge on any atom is 0.131 e. The predicted molar refractivity (Wildman–Crippen MR) is 159 cm³/mol. The highest BCUT2D eigenvalue weighted by molar-refractivity contribution is 5.32. The second-order valence-electron chi connectivity index (χ2n) is 12.0. The fourth-order valence-electron chi connectivity index (χ4n) is 5.66. The Balaban J connectivity index is 2.30. The van der Waals surface area contributed by atoms with Gasteiger partial charge in [-0.25, -0.2) is 8.78 Å². The molecule has 0 amide bonds. The molecule has 2 unspecified atom stereocenters. The van der Waals surface area contributed by atoms with Crippen LogP contribution in [0.3, 0.4) is 0 Å². The summed E-state index contributed by atoms with van der Waals surface area (Å²) < 4.78 is 27.8. The summed E-state index contributed by atoms with van der Waals surface area (Å²) in [4.78, 5) is 5.10. The van der Waals surface area contributed by atoms with Gasteiger partial charge in [0.1, 0.15) is 11.6 Å². The molecule has 212 valence electrons.